The lowest BCUT2D eigenvalue weighted by atomic mass is 10.2. The van der Waals surface area contributed by atoms with Crippen molar-refractivity contribution in [2.45, 2.75) is 19.8 Å². The quantitative estimate of drug-likeness (QED) is 0.418. The van der Waals surface area contributed by atoms with Crippen molar-refractivity contribution in [2.24, 2.45) is 0 Å². The van der Waals surface area contributed by atoms with E-state index in [1.165, 1.54) is 19.2 Å². The van der Waals surface area contributed by atoms with Crippen molar-refractivity contribution >= 4 is 34.7 Å². The summed E-state index contributed by atoms with van der Waals surface area (Å²) in [5, 5.41) is 6.16. The molecule has 0 saturated heterocycles. The summed E-state index contributed by atoms with van der Waals surface area (Å²) in [7, 11) is 1.40. The van der Waals surface area contributed by atoms with Gasteiger partial charge in [0, 0.05) is 17.4 Å². The number of nitrogens with one attached hydrogen (secondary N) is 2. The Hall–Kier alpha value is -2.67. The molecule has 0 aliphatic rings. The molecule has 2 aromatic rings. The number of carbonyl (C=O) groups is 1. The second-order valence-electron chi connectivity index (χ2n) is 5.50. The van der Waals surface area contributed by atoms with Crippen LogP contribution in [0.25, 0.3) is 0 Å². The van der Waals surface area contributed by atoms with E-state index in [-0.39, 0.29) is 11.7 Å². The minimum absolute atomic E-state index is 0.163. The Morgan fingerprint density at radius 1 is 1.12 bits per heavy atom. The van der Waals surface area contributed by atoms with Crippen LogP contribution in [-0.2, 0) is 4.74 Å². The molecule has 2 N–H and O–H groups in total. The van der Waals surface area contributed by atoms with Gasteiger partial charge in [0.2, 0.25) is 0 Å². The number of esters is 1. The van der Waals surface area contributed by atoms with Gasteiger partial charge in [0.15, 0.2) is 16.7 Å². The largest absolute Gasteiger partial charge is 0.494 e. The Morgan fingerprint density at radius 2 is 1.77 bits per heavy atom. The van der Waals surface area contributed by atoms with Gasteiger partial charge in [-0.2, -0.15) is 0 Å². The normalized spacial score (nSPS) is 10.1. The standard InChI is InChI=1S/C19H21FN2O3S/c1-3-4-11-25-18(23)13-5-7-14(8-6-13)21-19(26)22-15-9-10-17(24-2)16(20)12-15/h5-10,12H,3-4,11H2,1-2H3,(H2,21,22,26). The molecule has 5 nitrogen and oxygen atoms in total. The number of hydrogen-bond acceptors (Lipinski definition) is 4. The van der Waals surface area contributed by atoms with E-state index in [1.807, 2.05) is 6.92 Å². The molecular formula is C19H21FN2O3S. The van der Waals surface area contributed by atoms with Crippen LogP contribution in [0.3, 0.4) is 0 Å². The number of unbranched alkanes of at least 4 members (excludes halogenated alkanes) is 1. The van der Waals surface area contributed by atoms with Gasteiger partial charge in [-0.3, -0.25) is 0 Å². The molecule has 0 saturated carbocycles. The highest BCUT2D eigenvalue weighted by Crippen LogP contribution is 2.21. The first-order chi connectivity index (χ1) is 12.5. The highest BCUT2D eigenvalue weighted by atomic mass is 32.1. The average molecular weight is 376 g/mol. The van der Waals surface area contributed by atoms with Crippen molar-refractivity contribution in [1.82, 2.24) is 0 Å². The number of carbonyl (C=O) groups excluding carboxylic acids is 1. The van der Waals surface area contributed by atoms with Crippen LogP contribution in [-0.4, -0.2) is 24.8 Å². The van der Waals surface area contributed by atoms with Gasteiger partial charge in [-0.1, -0.05) is 13.3 Å². The monoisotopic (exact) mass is 376 g/mol. The molecule has 26 heavy (non-hydrogen) atoms. The molecular weight excluding hydrogens is 355 g/mol. The van der Waals surface area contributed by atoms with E-state index in [1.54, 1.807) is 30.3 Å². The highest BCUT2D eigenvalue weighted by molar-refractivity contribution is 7.80. The van der Waals surface area contributed by atoms with Crippen LogP contribution < -0.4 is 15.4 Å². The molecule has 0 unspecified atom stereocenters. The molecule has 0 heterocycles. The van der Waals surface area contributed by atoms with Gasteiger partial charge in [0.05, 0.1) is 19.3 Å². The number of methoxy groups -OCH3 is 1. The predicted octanol–water partition coefficient (Wildman–Crippen LogP) is 4.60. The fourth-order valence-corrected chi connectivity index (χ4v) is 2.36. The van der Waals surface area contributed by atoms with Crippen molar-refractivity contribution in [2.75, 3.05) is 24.4 Å². The third-order valence-electron chi connectivity index (χ3n) is 3.52. The lowest BCUT2D eigenvalue weighted by molar-refractivity contribution is 0.0500. The predicted molar refractivity (Wildman–Crippen MR) is 104 cm³/mol. The first-order valence-electron chi connectivity index (χ1n) is 8.22. The van der Waals surface area contributed by atoms with Crippen molar-refractivity contribution in [3.05, 3.63) is 53.8 Å². The maximum Gasteiger partial charge on any atom is 0.338 e. The first kappa shape index (κ1) is 19.7. The molecule has 0 atom stereocenters. The number of thiocarbonyl (C=S) groups is 1. The molecule has 2 aromatic carbocycles. The SMILES string of the molecule is CCCCOC(=O)c1ccc(NC(=S)Nc2ccc(OC)c(F)c2)cc1. The van der Waals surface area contributed by atoms with Gasteiger partial charge < -0.3 is 20.1 Å². The minimum Gasteiger partial charge on any atom is -0.494 e. The van der Waals surface area contributed by atoms with Gasteiger partial charge in [-0.05, 0) is 55.0 Å². The first-order valence-corrected chi connectivity index (χ1v) is 8.63. The van der Waals surface area contributed by atoms with E-state index in [2.05, 4.69) is 10.6 Å². The third kappa shape index (κ3) is 5.70. The lowest BCUT2D eigenvalue weighted by Crippen LogP contribution is -2.19. The van der Waals surface area contributed by atoms with Crippen molar-refractivity contribution in [3.63, 3.8) is 0 Å². The molecule has 0 bridgehead atoms. The van der Waals surface area contributed by atoms with Crippen molar-refractivity contribution < 1.29 is 18.7 Å². The molecule has 138 valence electrons. The summed E-state index contributed by atoms with van der Waals surface area (Å²) in [6, 6.07) is 11.2. The van der Waals surface area contributed by atoms with Gasteiger partial charge >= 0.3 is 5.97 Å². The summed E-state index contributed by atoms with van der Waals surface area (Å²) in [4.78, 5) is 11.9. The number of ether oxygens (including phenoxy) is 2. The summed E-state index contributed by atoms with van der Waals surface area (Å²) in [6.07, 6.45) is 1.82. The van der Waals surface area contributed by atoms with Crippen LogP contribution in [0.5, 0.6) is 5.75 Å². The van der Waals surface area contributed by atoms with Gasteiger partial charge in [-0.25, -0.2) is 9.18 Å². The van der Waals surface area contributed by atoms with Crippen molar-refractivity contribution in [1.29, 1.82) is 0 Å². The van der Waals surface area contributed by atoms with E-state index < -0.39 is 5.82 Å². The summed E-state index contributed by atoms with van der Waals surface area (Å²) in [6.45, 7) is 2.45. The number of rotatable bonds is 7. The van der Waals surface area contributed by atoms with E-state index in [9.17, 15) is 9.18 Å². The third-order valence-corrected chi connectivity index (χ3v) is 3.72. The van der Waals surface area contributed by atoms with Crippen LogP contribution >= 0.6 is 12.2 Å². The van der Waals surface area contributed by atoms with Crippen LogP contribution in [0.15, 0.2) is 42.5 Å². The van der Waals surface area contributed by atoms with E-state index >= 15 is 0 Å². The van der Waals surface area contributed by atoms with Crippen LogP contribution in [0.1, 0.15) is 30.1 Å². The van der Waals surface area contributed by atoms with Crippen LogP contribution in [0.4, 0.5) is 15.8 Å². The maximum absolute atomic E-state index is 13.7. The molecule has 0 spiro atoms. The smallest absolute Gasteiger partial charge is 0.338 e. The number of hydrogen-bond donors (Lipinski definition) is 2. The summed E-state index contributed by atoms with van der Waals surface area (Å²) >= 11 is 5.21. The second kappa shape index (κ2) is 9.72. The zero-order valence-electron chi connectivity index (χ0n) is 14.7. The molecule has 0 radical (unpaired) electrons. The Balaban J connectivity index is 1.90. The topological polar surface area (TPSA) is 59.6 Å². The average Bonchev–Trinajstić information content (AvgIpc) is 2.62. The van der Waals surface area contributed by atoms with Crippen LogP contribution in [0.2, 0.25) is 0 Å². The van der Waals surface area contributed by atoms with E-state index in [0.29, 0.717) is 28.7 Å². The molecule has 0 amide bonds. The summed E-state index contributed by atoms with van der Waals surface area (Å²) in [5.74, 6) is -0.665. The maximum atomic E-state index is 13.7. The molecule has 0 aliphatic heterocycles. The number of anilines is 2. The molecule has 2 rings (SSSR count). The molecule has 7 heteroatoms. The van der Waals surface area contributed by atoms with Gasteiger partial charge in [0.1, 0.15) is 0 Å². The number of halogens is 1. The number of benzene rings is 2. The van der Waals surface area contributed by atoms with E-state index in [4.69, 9.17) is 21.7 Å². The second-order valence-corrected chi connectivity index (χ2v) is 5.90. The Labute approximate surface area is 157 Å². The molecule has 0 aliphatic carbocycles. The van der Waals surface area contributed by atoms with E-state index in [0.717, 1.165) is 12.8 Å². The lowest BCUT2D eigenvalue weighted by Gasteiger charge is -2.12. The fraction of sp³-hybridized carbons (Fsp3) is 0.263. The fourth-order valence-electron chi connectivity index (χ4n) is 2.12. The Bertz CT molecular complexity index is 766. The van der Waals surface area contributed by atoms with Gasteiger partial charge in [-0.15, -0.1) is 0 Å². The minimum atomic E-state index is -0.480. The summed E-state index contributed by atoms with van der Waals surface area (Å²) < 4.78 is 23.7. The molecule has 0 fully saturated rings. The van der Waals surface area contributed by atoms with Crippen LogP contribution in [0, 0.1) is 5.82 Å². The zero-order chi connectivity index (χ0) is 18.9. The Kier molecular flexibility index (Phi) is 7.35. The van der Waals surface area contributed by atoms with Gasteiger partial charge in [0.25, 0.3) is 0 Å². The van der Waals surface area contributed by atoms with Crippen molar-refractivity contribution in [3.8, 4) is 5.75 Å². The highest BCUT2D eigenvalue weighted by Gasteiger charge is 2.08. The Morgan fingerprint density at radius 3 is 2.38 bits per heavy atom. The molecule has 0 aromatic heterocycles. The zero-order valence-corrected chi connectivity index (χ0v) is 15.5. The summed E-state index contributed by atoms with van der Waals surface area (Å²) in [5.41, 5.74) is 1.67.